The molecule has 0 aliphatic heterocycles. The second-order valence-corrected chi connectivity index (χ2v) is 2.66. The van der Waals surface area contributed by atoms with E-state index in [-0.39, 0.29) is 0 Å². The zero-order chi connectivity index (χ0) is 6.95. The molecule has 9 heavy (non-hydrogen) atoms. The number of ether oxygens (including phenoxy) is 1. The summed E-state index contributed by atoms with van der Waals surface area (Å²) >= 11 is 1.74. The standard InChI is InChI=1S/C7H14OS/c1-3-8-6-5-7-9-4-2/h4H,2-3,5-7H2,1H3. The first kappa shape index (κ1) is 9.05. The van der Waals surface area contributed by atoms with Gasteiger partial charge in [-0.05, 0) is 24.5 Å². The second-order valence-electron chi connectivity index (χ2n) is 1.59. The van der Waals surface area contributed by atoms with Gasteiger partial charge in [-0.3, -0.25) is 0 Å². The van der Waals surface area contributed by atoms with Crippen LogP contribution in [0.1, 0.15) is 13.3 Å². The SMILES string of the molecule is C=CSCCCOCC. The topological polar surface area (TPSA) is 9.23 Å². The van der Waals surface area contributed by atoms with E-state index in [0.29, 0.717) is 0 Å². The maximum Gasteiger partial charge on any atom is 0.0473 e. The average Bonchev–Trinajstić information content (AvgIpc) is 1.89. The lowest BCUT2D eigenvalue weighted by molar-refractivity contribution is 0.149. The monoisotopic (exact) mass is 146 g/mol. The van der Waals surface area contributed by atoms with Crippen LogP contribution in [0.3, 0.4) is 0 Å². The zero-order valence-corrected chi connectivity index (χ0v) is 6.75. The number of thioether (sulfide) groups is 1. The normalized spacial score (nSPS) is 9.44. The Morgan fingerprint density at radius 3 is 3.00 bits per heavy atom. The highest BCUT2D eigenvalue weighted by atomic mass is 32.2. The smallest absolute Gasteiger partial charge is 0.0473 e. The van der Waals surface area contributed by atoms with Crippen molar-refractivity contribution in [1.29, 1.82) is 0 Å². The fourth-order valence-electron chi connectivity index (χ4n) is 0.472. The van der Waals surface area contributed by atoms with Gasteiger partial charge in [0.1, 0.15) is 0 Å². The summed E-state index contributed by atoms with van der Waals surface area (Å²) in [6.07, 6.45) is 1.13. The maximum atomic E-state index is 5.13. The highest BCUT2D eigenvalue weighted by Crippen LogP contribution is 2.01. The lowest BCUT2D eigenvalue weighted by Gasteiger charge is -1.97. The van der Waals surface area contributed by atoms with Gasteiger partial charge in [0.05, 0.1) is 0 Å². The Hall–Kier alpha value is 0.0500. The van der Waals surface area contributed by atoms with Crippen molar-refractivity contribution in [2.75, 3.05) is 19.0 Å². The highest BCUT2D eigenvalue weighted by molar-refractivity contribution is 8.02. The summed E-state index contributed by atoms with van der Waals surface area (Å²) < 4.78 is 5.13. The molecule has 0 aliphatic carbocycles. The van der Waals surface area contributed by atoms with E-state index in [1.54, 1.807) is 11.8 Å². The van der Waals surface area contributed by atoms with Crippen LogP contribution in [-0.2, 0) is 4.74 Å². The summed E-state index contributed by atoms with van der Waals surface area (Å²) in [5, 5.41) is 1.87. The first-order chi connectivity index (χ1) is 4.41. The van der Waals surface area contributed by atoms with Crippen molar-refractivity contribution in [3.63, 3.8) is 0 Å². The molecule has 0 atom stereocenters. The van der Waals surface area contributed by atoms with Crippen LogP contribution >= 0.6 is 11.8 Å². The quantitative estimate of drug-likeness (QED) is 0.532. The molecule has 54 valence electrons. The molecule has 2 heteroatoms. The minimum Gasteiger partial charge on any atom is -0.382 e. The summed E-state index contributed by atoms with van der Waals surface area (Å²) in [5.74, 6) is 1.13. The van der Waals surface area contributed by atoms with Crippen LogP contribution in [0.4, 0.5) is 0 Å². The molecule has 1 nitrogen and oxygen atoms in total. The van der Waals surface area contributed by atoms with Crippen LogP contribution in [0.15, 0.2) is 12.0 Å². The van der Waals surface area contributed by atoms with Crippen LogP contribution in [0.5, 0.6) is 0 Å². The van der Waals surface area contributed by atoms with Crippen LogP contribution in [0.25, 0.3) is 0 Å². The number of hydrogen-bond acceptors (Lipinski definition) is 2. The van der Waals surface area contributed by atoms with E-state index in [4.69, 9.17) is 4.74 Å². The average molecular weight is 146 g/mol. The molecule has 0 saturated heterocycles. The molecule has 0 aromatic carbocycles. The van der Waals surface area contributed by atoms with E-state index in [1.165, 1.54) is 0 Å². The van der Waals surface area contributed by atoms with Gasteiger partial charge in [-0.2, -0.15) is 0 Å². The van der Waals surface area contributed by atoms with E-state index >= 15 is 0 Å². The summed E-state index contributed by atoms with van der Waals surface area (Å²) in [7, 11) is 0. The van der Waals surface area contributed by atoms with Gasteiger partial charge in [-0.15, -0.1) is 11.8 Å². The Morgan fingerprint density at radius 2 is 2.44 bits per heavy atom. The first-order valence-electron chi connectivity index (χ1n) is 3.22. The van der Waals surface area contributed by atoms with E-state index in [2.05, 4.69) is 6.58 Å². The molecule has 0 unspecified atom stereocenters. The van der Waals surface area contributed by atoms with Crippen LogP contribution in [0.2, 0.25) is 0 Å². The third kappa shape index (κ3) is 8.05. The molecule has 0 amide bonds. The predicted octanol–water partition coefficient (Wildman–Crippen LogP) is 2.29. The fraction of sp³-hybridized carbons (Fsp3) is 0.714. The Labute approximate surface area is 61.5 Å². The number of hydrogen-bond donors (Lipinski definition) is 0. The Morgan fingerprint density at radius 1 is 1.67 bits per heavy atom. The molecule has 0 heterocycles. The molecule has 0 aromatic rings. The van der Waals surface area contributed by atoms with Crippen molar-refractivity contribution in [3.8, 4) is 0 Å². The molecular weight excluding hydrogens is 132 g/mol. The molecule has 0 aliphatic rings. The van der Waals surface area contributed by atoms with Crippen molar-refractivity contribution >= 4 is 11.8 Å². The van der Waals surface area contributed by atoms with Gasteiger partial charge in [-0.25, -0.2) is 0 Å². The van der Waals surface area contributed by atoms with Gasteiger partial charge in [0, 0.05) is 13.2 Å². The van der Waals surface area contributed by atoms with E-state index in [1.807, 2.05) is 12.3 Å². The molecule has 0 N–H and O–H groups in total. The Bertz CT molecular complexity index is 63.9. The third-order valence-corrected chi connectivity index (χ3v) is 1.63. The van der Waals surface area contributed by atoms with Crippen LogP contribution in [-0.4, -0.2) is 19.0 Å². The molecular formula is C7H14OS. The Kier molecular flexibility index (Phi) is 8.09. The predicted molar refractivity (Wildman–Crippen MR) is 43.8 cm³/mol. The van der Waals surface area contributed by atoms with Crippen LogP contribution < -0.4 is 0 Å². The summed E-state index contributed by atoms with van der Waals surface area (Å²) in [6, 6.07) is 0. The highest BCUT2D eigenvalue weighted by Gasteiger charge is 1.83. The fourth-order valence-corrected chi connectivity index (χ4v) is 0.923. The van der Waals surface area contributed by atoms with Crippen molar-refractivity contribution < 1.29 is 4.74 Å². The van der Waals surface area contributed by atoms with Crippen molar-refractivity contribution in [1.82, 2.24) is 0 Å². The summed E-state index contributed by atoms with van der Waals surface area (Å²) in [4.78, 5) is 0. The van der Waals surface area contributed by atoms with Crippen molar-refractivity contribution in [2.45, 2.75) is 13.3 Å². The van der Waals surface area contributed by atoms with Crippen molar-refractivity contribution in [3.05, 3.63) is 12.0 Å². The minimum atomic E-state index is 0.832. The van der Waals surface area contributed by atoms with E-state index in [0.717, 1.165) is 25.4 Å². The van der Waals surface area contributed by atoms with E-state index < -0.39 is 0 Å². The van der Waals surface area contributed by atoms with Gasteiger partial charge < -0.3 is 4.74 Å². The lowest BCUT2D eigenvalue weighted by atomic mass is 10.5. The van der Waals surface area contributed by atoms with Gasteiger partial charge in [-0.1, -0.05) is 6.58 Å². The second kappa shape index (κ2) is 8.05. The van der Waals surface area contributed by atoms with Gasteiger partial charge in [0.25, 0.3) is 0 Å². The maximum absolute atomic E-state index is 5.13. The molecule has 0 spiro atoms. The van der Waals surface area contributed by atoms with Crippen LogP contribution in [0, 0.1) is 0 Å². The van der Waals surface area contributed by atoms with Crippen molar-refractivity contribution in [2.24, 2.45) is 0 Å². The first-order valence-corrected chi connectivity index (χ1v) is 4.27. The molecule has 0 fully saturated rings. The van der Waals surface area contributed by atoms with Gasteiger partial charge in [0.2, 0.25) is 0 Å². The summed E-state index contributed by atoms with van der Waals surface area (Å²) in [5.41, 5.74) is 0. The molecule has 0 aromatic heterocycles. The molecule has 0 saturated carbocycles. The molecule has 0 bridgehead atoms. The molecule has 0 rings (SSSR count). The largest absolute Gasteiger partial charge is 0.382 e. The minimum absolute atomic E-state index is 0.832. The Balaban J connectivity index is 2.66. The lowest BCUT2D eigenvalue weighted by Crippen LogP contribution is -1.93. The van der Waals surface area contributed by atoms with Gasteiger partial charge >= 0.3 is 0 Å². The third-order valence-electron chi connectivity index (χ3n) is 0.873. The summed E-state index contributed by atoms with van der Waals surface area (Å²) in [6.45, 7) is 7.33. The van der Waals surface area contributed by atoms with Gasteiger partial charge in [0.15, 0.2) is 0 Å². The van der Waals surface area contributed by atoms with E-state index in [9.17, 15) is 0 Å². The number of rotatable bonds is 6. The zero-order valence-electron chi connectivity index (χ0n) is 5.93. The molecule has 0 radical (unpaired) electrons.